The zero-order valence-corrected chi connectivity index (χ0v) is 14.8. The van der Waals surface area contributed by atoms with Gasteiger partial charge in [0.05, 0.1) is 0 Å². The molecule has 1 aromatic carbocycles. The third-order valence-electron chi connectivity index (χ3n) is 6.16. The first-order valence-corrected chi connectivity index (χ1v) is 8.95. The Hall–Kier alpha value is -0.940. The summed E-state index contributed by atoms with van der Waals surface area (Å²) in [5, 5.41) is 13.6. The number of nitrogens with one attached hydrogen (secondary N) is 1. The van der Waals surface area contributed by atoms with E-state index < -0.39 is 6.35 Å². The number of aliphatic hydroxyl groups excluding tert-OH is 1. The number of aliphatic hydroxyl groups is 1. The molecule has 23 heavy (non-hydrogen) atoms. The summed E-state index contributed by atoms with van der Waals surface area (Å²) in [5.41, 5.74) is 1.68. The van der Waals surface area contributed by atoms with E-state index in [2.05, 4.69) is 66.5 Å². The molecule has 0 bridgehead atoms. The molecule has 1 saturated carbocycles. The van der Waals surface area contributed by atoms with Crippen LogP contribution in [0.5, 0.6) is 0 Å². The Bertz CT molecular complexity index is 509. The Balaban J connectivity index is 1.83. The second kappa shape index (κ2) is 6.52. The van der Waals surface area contributed by atoms with Crippen LogP contribution in [0.15, 0.2) is 30.3 Å². The van der Waals surface area contributed by atoms with Gasteiger partial charge in [0.1, 0.15) is 0 Å². The summed E-state index contributed by atoms with van der Waals surface area (Å²) in [4.78, 5) is 4.70. The summed E-state index contributed by atoms with van der Waals surface area (Å²) in [6.45, 7) is 4.07. The van der Waals surface area contributed by atoms with E-state index >= 15 is 0 Å². The van der Waals surface area contributed by atoms with Crippen LogP contribution in [-0.2, 0) is 5.54 Å². The van der Waals surface area contributed by atoms with Gasteiger partial charge in [0.2, 0.25) is 0 Å². The highest BCUT2D eigenvalue weighted by Crippen LogP contribution is 2.47. The third-order valence-corrected chi connectivity index (χ3v) is 6.16. The van der Waals surface area contributed by atoms with E-state index in [1.807, 2.05) is 0 Å². The molecule has 1 spiro atoms. The average molecular weight is 317 g/mol. The van der Waals surface area contributed by atoms with Crippen LogP contribution in [0.2, 0.25) is 0 Å². The van der Waals surface area contributed by atoms with Crippen molar-refractivity contribution >= 4 is 0 Å². The molecule has 1 unspecified atom stereocenters. The van der Waals surface area contributed by atoms with Crippen molar-refractivity contribution in [1.82, 2.24) is 15.1 Å². The lowest BCUT2D eigenvalue weighted by atomic mass is 9.68. The van der Waals surface area contributed by atoms with E-state index in [0.717, 1.165) is 45.2 Å². The Kier molecular flexibility index (Phi) is 4.79. The molecule has 1 aliphatic carbocycles. The molecule has 1 saturated heterocycles. The van der Waals surface area contributed by atoms with Crippen LogP contribution in [-0.4, -0.2) is 54.0 Å². The lowest BCUT2D eigenvalue weighted by Gasteiger charge is -2.51. The molecule has 4 nitrogen and oxygen atoms in total. The number of rotatable bonds is 4. The molecule has 2 aliphatic rings. The molecule has 0 radical (unpaired) electrons. The normalized spacial score (nSPS) is 35.3. The van der Waals surface area contributed by atoms with Crippen molar-refractivity contribution in [3.05, 3.63) is 35.9 Å². The minimum atomic E-state index is -0.474. The predicted octanol–water partition coefficient (Wildman–Crippen LogP) is 2.35. The minimum absolute atomic E-state index is 0.123. The Morgan fingerprint density at radius 3 is 2.39 bits per heavy atom. The lowest BCUT2D eigenvalue weighted by molar-refractivity contribution is -0.0582. The van der Waals surface area contributed by atoms with Gasteiger partial charge in [-0.25, -0.2) is 0 Å². The number of hydrogen-bond acceptors (Lipinski definition) is 4. The zero-order valence-electron chi connectivity index (χ0n) is 14.8. The summed E-state index contributed by atoms with van der Waals surface area (Å²) < 4.78 is 0. The fourth-order valence-corrected chi connectivity index (χ4v) is 4.69. The van der Waals surface area contributed by atoms with Crippen molar-refractivity contribution in [2.24, 2.45) is 0 Å². The molecule has 1 heterocycles. The highest BCUT2D eigenvalue weighted by molar-refractivity contribution is 5.26. The Morgan fingerprint density at radius 1 is 1.17 bits per heavy atom. The van der Waals surface area contributed by atoms with Crippen molar-refractivity contribution in [1.29, 1.82) is 0 Å². The second-order valence-electron chi connectivity index (χ2n) is 7.46. The number of nitrogens with zero attached hydrogens (tertiary/aromatic N) is 2. The van der Waals surface area contributed by atoms with Gasteiger partial charge in [-0.1, -0.05) is 37.3 Å². The maximum atomic E-state index is 10.3. The average Bonchev–Trinajstić information content (AvgIpc) is 2.87. The fraction of sp³-hybridized carbons (Fsp3) is 0.684. The highest BCUT2D eigenvalue weighted by atomic mass is 16.3. The summed E-state index contributed by atoms with van der Waals surface area (Å²) in [6.07, 6.45) is 5.14. The second-order valence-corrected chi connectivity index (χ2v) is 7.46. The first kappa shape index (κ1) is 16.9. The van der Waals surface area contributed by atoms with Gasteiger partial charge in [-0.15, -0.1) is 0 Å². The maximum absolute atomic E-state index is 10.3. The van der Waals surface area contributed by atoms with Gasteiger partial charge in [-0.05, 0) is 51.8 Å². The molecule has 2 N–H and O–H groups in total. The quantitative estimate of drug-likeness (QED) is 0.894. The van der Waals surface area contributed by atoms with Crippen LogP contribution in [0.25, 0.3) is 0 Å². The monoisotopic (exact) mass is 317 g/mol. The molecular weight excluding hydrogens is 286 g/mol. The molecule has 1 aromatic rings. The van der Waals surface area contributed by atoms with Gasteiger partial charge in [0, 0.05) is 24.2 Å². The van der Waals surface area contributed by atoms with Crippen molar-refractivity contribution in [2.75, 3.05) is 27.2 Å². The van der Waals surface area contributed by atoms with Crippen molar-refractivity contribution in [3.8, 4) is 0 Å². The summed E-state index contributed by atoms with van der Waals surface area (Å²) in [6, 6.07) is 10.9. The van der Waals surface area contributed by atoms with Gasteiger partial charge in [0.15, 0.2) is 6.35 Å². The number of hydrogen-bond donors (Lipinski definition) is 2. The molecule has 2 fully saturated rings. The minimum Gasteiger partial charge on any atom is -0.365 e. The zero-order chi connectivity index (χ0) is 16.5. The standard InChI is InChI=1S/C19H31N3O/c1-4-14-22-17(23)20-15-18(22)10-12-19(13-11-18,21(2)3)16-8-6-5-7-9-16/h5-9,17,20,23H,4,10-15H2,1-3H3/t17?,18-,19+. The van der Waals surface area contributed by atoms with Gasteiger partial charge >= 0.3 is 0 Å². The molecule has 1 atom stereocenters. The molecular formula is C19H31N3O. The SMILES string of the molecule is CCCN1C(O)NC[C@]12CC[C@](c1ccccc1)(N(C)C)CC2. The van der Waals surface area contributed by atoms with Crippen LogP contribution in [0, 0.1) is 0 Å². The molecule has 1 aliphatic heterocycles. The van der Waals surface area contributed by atoms with Gasteiger partial charge in [-0.2, -0.15) is 0 Å². The van der Waals surface area contributed by atoms with Gasteiger partial charge < -0.3 is 5.11 Å². The van der Waals surface area contributed by atoms with Crippen LogP contribution in [0.4, 0.5) is 0 Å². The van der Waals surface area contributed by atoms with Crippen LogP contribution in [0.1, 0.15) is 44.6 Å². The lowest BCUT2D eigenvalue weighted by Crippen LogP contribution is -2.56. The number of benzene rings is 1. The Morgan fingerprint density at radius 2 is 1.83 bits per heavy atom. The van der Waals surface area contributed by atoms with E-state index in [9.17, 15) is 5.11 Å². The van der Waals surface area contributed by atoms with Crippen LogP contribution in [0.3, 0.4) is 0 Å². The van der Waals surface area contributed by atoms with E-state index in [0.29, 0.717) is 0 Å². The first-order chi connectivity index (χ1) is 11.0. The van der Waals surface area contributed by atoms with Crippen molar-refractivity contribution in [2.45, 2.75) is 56.5 Å². The molecule has 0 aromatic heterocycles. The third kappa shape index (κ3) is 2.82. The van der Waals surface area contributed by atoms with Crippen LogP contribution < -0.4 is 5.32 Å². The van der Waals surface area contributed by atoms with Gasteiger partial charge in [-0.3, -0.25) is 15.1 Å². The fourth-order valence-electron chi connectivity index (χ4n) is 4.69. The predicted molar refractivity (Wildman–Crippen MR) is 94.0 cm³/mol. The highest BCUT2D eigenvalue weighted by Gasteiger charge is 2.51. The summed E-state index contributed by atoms with van der Waals surface area (Å²) >= 11 is 0. The summed E-state index contributed by atoms with van der Waals surface area (Å²) in [5.74, 6) is 0. The van der Waals surface area contributed by atoms with Crippen molar-refractivity contribution < 1.29 is 5.11 Å². The largest absolute Gasteiger partial charge is 0.365 e. The molecule has 0 amide bonds. The molecule has 4 heteroatoms. The van der Waals surface area contributed by atoms with Crippen LogP contribution >= 0.6 is 0 Å². The van der Waals surface area contributed by atoms with Gasteiger partial charge in [0.25, 0.3) is 0 Å². The Labute approximate surface area is 140 Å². The summed E-state index contributed by atoms with van der Waals surface area (Å²) in [7, 11) is 4.41. The molecule has 3 rings (SSSR count). The van der Waals surface area contributed by atoms with Crippen molar-refractivity contribution in [3.63, 3.8) is 0 Å². The van der Waals surface area contributed by atoms with E-state index in [1.54, 1.807) is 0 Å². The van der Waals surface area contributed by atoms with E-state index in [-0.39, 0.29) is 11.1 Å². The first-order valence-electron chi connectivity index (χ1n) is 8.95. The van der Waals surface area contributed by atoms with E-state index in [4.69, 9.17) is 0 Å². The smallest absolute Gasteiger partial charge is 0.163 e. The topological polar surface area (TPSA) is 38.7 Å². The van der Waals surface area contributed by atoms with E-state index in [1.165, 1.54) is 5.56 Å². The maximum Gasteiger partial charge on any atom is 0.163 e. The molecule has 128 valence electrons.